The SMILES string of the molecule is O=C(OCc1ccccc1)N1CCN(C(=O)C2CSN=N2)CC1. The first kappa shape index (κ1) is 15.8. The molecule has 0 aromatic heterocycles. The van der Waals surface area contributed by atoms with Crippen LogP contribution in [0.5, 0.6) is 0 Å². The van der Waals surface area contributed by atoms with Crippen molar-refractivity contribution in [2.24, 2.45) is 9.63 Å². The van der Waals surface area contributed by atoms with Crippen molar-refractivity contribution in [3.63, 3.8) is 0 Å². The molecule has 3 rings (SSSR count). The molecule has 1 atom stereocenters. The average Bonchev–Trinajstić information content (AvgIpc) is 3.15. The van der Waals surface area contributed by atoms with Crippen LogP contribution < -0.4 is 0 Å². The van der Waals surface area contributed by atoms with Crippen LogP contribution in [0.1, 0.15) is 5.56 Å². The number of carbonyl (C=O) groups is 2. The van der Waals surface area contributed by atoms with Gasteiger partial charge in [-0.15, -0.1) is 4.52 Å². The molecule has 2 heterocycles. The van der Waals surface area contributed by atoms with Crippen molar-refractivity contribution in [3.05, 3.63) is 35.9 Å². The largest absolute Gasteiger partial charge is 0.445 e. The lowest BCUT2D eigenvalue weighted by molar-refractivity contribution is -0.133. The van der Waals surface area contributed by atoms with Gasteiger partial charge in [0.2, 0.25) is 5.91 Å². The quantitative estimate of drug-likeness (QED) is 0.792. The number of amides is 2. The Morgan fingerprint density at radius 3 is 2.48 bits per heavy atom. The molecular formula is C15H18N4O3S. The summed E-state index contributed by atoms with van der Waals surface area (Å²) in [6, 6.07) is 9.20. The maximum absolute atomic E-state index is 12.2. The normalized spacial score (nSPS) is 20.6. The van der Waals surface area contributed by atoms with E-state index in [4.69, 9.17) is 4.74 Å². The highest BCUT2D eigenvalue weighted by Crippen LogP contribution is 2.19. The van der Waals surface area contributed by atoms with Crippen molar-refractivity contribution < 1.29 is 14.3 Å². The molecule has 2 aliphatic heterocycles. The second-order valence-corrected chi connectivity index (χ2v) is 6.12. The van der Waals surface area contributed by atoms with E-state index in [1.165, 1.54) is 11.9 Å². The zero-order chi connectivity index (χ0) is 16.1. The number of ether oxygens (including phenoxy) is 1. The van der Waals surface area contributed by atoms with Gasteiger partial charge < -0.3 is 14.5 Å². The summed E-state index contributed by atoms with van der Waals surface area (Å²) in [6.07, 6.45) is -0.336. The zero-order valence-electron chi connectivity index (χ0n) is 12.6. The molecule has 0 saturated carbocycles. The Hall–Kier alpha value is -2.09. The maximum Gasteiger partial charge on any atom is 0.410 e. The summed E-state index contributed by atoms with van der Waals surface area (Å²) in [5.74, 6) is 0.606. The minimum atomic E-state index is -0.364. The van der Waals surface area contributed by atoms with E-state index >= 15 is 0 Å². The number of nitrogens with zero attached hydrogens (tertiary/aromatic N) is 4. The highest BCUT2D eigenvalue weighted by molar-refractivity contribution is 7.98. The fourth-order valence-corrected chi connectivity index (χ4v) is 3.08. The maximum atomic E-state index is 12.2. The van der Waals surface area contributed by atoms with Crippen LogP contribution in [0.15, 0.2) is 40.0 Å². The summed E-state index contributed by atoms with van der Waals surface area (Å²) in [5, 5.41) is 3.92. The summed E-state index contributed by atoms with van der Waals surface area (Å²) in [4.78, 5) is 27.7. The molecule has 23 heavy (non-hydrogen) atoms. The van der Waals surface area contributed by atoms with Gasteiger partial charge >= 0.3 is 6.09 Å². The first-order valence-corrected chi connectivity index (χ1v) is 8.45. The van der Waals surface area contributed by atoms with Gasteiger partial charge in [0.25, 0.3) is 0 Å². The molecule has 1 saturated heterocycles. The van der Waals surface area contributed by atoms with E-state index in [-0.39, 0.29) is 24.6 Å². The van der Waals surface area contributed by atoms with Crippen LogP contribution in [0.2, 0.25) is 0 Å². The first-order chi connectivity index (χ1) is 11.2. The summed E-state index contributed by atoms with van der Waals surface area (Å²) >= 11 is 1.31. The zero-order valence-corrected chi connectivity index (χ0v) is 13.4. The molecule has 0 bridgehead atoms. The van der Waals surface area contributed by atoms with Crippen LogP contribution in [-0.2, 0) is 16.1 Å². The van der Waals surface area contributed by atoms with Gasteiger partial charge in [-0.2, -0.15) is 5.11 Å². The predicted octanol–water partition coefficient (Wildman–Crippen LogP) is 1.95. The van der Waals surface area contributed by atoms with Gasteiger partial charge in [-0.1, -0.05) is 30.3 Å². The standard InChI is InChI=1S/C15H18N4O3S/c20-14(13-11-23-17-16-13)18-6-8-19(9-7-18)15(21)22-10-12-4-2-1-3-5-12/h1-5,13H,6-11H2. The van der Waals surface area contributed by atoms with Crippen molar-refractivity contribution in [2.75, 3.05) is 31.9 Å². The lowest BCUT2D eigenvalue weighted by atomic mass is 10.2. The third-order valence-corrected chi connectivity index (χ3v) is 4.49. The van der Waals surface area contributed by atoms with E-state index in [1.54, 1.807) is 9.80 Å². The van der Waals surface area contributed by atoms with E-state index in [1.807, 2.05) is 30.3 Å². The monoisotopic (exact) mass is 334 g/mol. The van der Waals surface area contributed by atoms with Gasteiger partial charge in [0.05, 0.1) is 5.75 Å². The Kier molecular flexibility index (Phi) is 5.12. The molecule has 0 radical (unpaired) electrons. The fourth-order valence-electron chi connectivity index (χ4n) is 2.48. The third-order valence-electron chi connectivity index (χ3n) is 3.82. The predicted molar refractivity (Wildman–Crippen MR) is 85.9 cm³/mol. The first-order valence-electron chi connectivity index (χ1n) is 7.50. The number of rotatable bonds is 3. The highest BCUT2D eigenvalue weighted by atomic mass is 32.2. The van der Waals surface area contributed by atoms with E-state index in [2.05, 4.69) is 9.63 Å². The van der Waals surface area contributed by atoms with Crippen LogP contribution >= 0.6 is 11.9 Å². The number of hydrogen-bond acceptors (Lipinski definition) is 6. The number of benzene rings is 1. The minimum absolute atomic E-state index is 0.00365. The molecule has 2 amide bonds. The molecule has 1 aromatic rings. The summed E-state index contributed by atoms with van der Waals surface area (Å²) < 4.78 is 9.10. The summed E-state index contributed by atoms with van der Waals surface area (Å²) in [7, 11) is 0. The van der Waals surface area contributed by atoms with E-state index in [0.717, 1.165) is 5.56 Å². The summed E-state index contributed by atoms with van der Waals surface area (Å²) in [5.41, 5.74) is 0.957. The Bertz CT molecular complexity index is 588. The molecule has 1 fully saturated rings. The minimum Gasteiger partial charge on any atom is -0.445 e. The van der Waals surface area contributed by atoms with Crippen LogP contribution in [0.25, 0.3) is 0 Å². The number of piperazine rings is 1. The van der Waals surface area contributed by atoms with E-state index in [0.29, 0.717) is 31.9 Å². The van der Waals surface area contributed by atoms with Gasteiger partial charge in [0.15, 0.2) is 6.04 Å². The highest BCUT2D eigenvalue weighted by Gasteiger charge is 2.31. The van der Waals surface area contributed by atoms with Gasteiger partial charge in [-0.05, 0) is 5.56 Å². The van der Waals surface area contributed by atoms with E-state index in [9.17, 15) is 9.59 Å². The molecular weight excluding hydrogens is 316 g/mol. The smallest absolute Gasteiger partial charge is 0.410 e. The lowest BCUT2D eigenvalue weighted by Gasteiger charge is -2.34. The Labute approximate surface area is 138 Å². The molecule has 0 N–H and O–H groups in total. The van der Waals surface area contributed by atoms with Crippen LogP contribution in [0.3, 0.4) is 0 Å². The van der Waals surface area contributed by atoms with Crippen molar-refractivity contribution in [1.29, 1.82) is 0 Å². The van der Waals surface area contributed by atoms with Crippen molar-refractivity contribution >= 4 is 23.9 Å². The Balaban J connectivity index is 1.44. The molecule has 2 aliphatic rings. The Morgan fingerprint density at radius 1 is 1.13 bits per heavy atom. The molecule has 0 spiro atoms. The second kappa shape index (κ2) is 7.45. The lowest BCUT2D eigenvalue weighted by Crippen LogP contribution is -2.52. The van der Waals surface area contributed by atoms with Crippen molar-refractivity contribution in [1.82, 2.24) is 9.80 Å². The molecule has 1 aromatic carbocycles. The molecule has 122 valence electrons. The average molecular weight is 334 g/mol. The molecule has 1 unspecified atom stereocenters. The second-order valence-electron chi connectivity index (χ2n) is 5.36. The van der Waals surface area contributed by atoms with Gasteiger partial charge in [-0.25, -0.2) is 4.79 Å². The fraction of sp³-hybridized carbons (Fsp3) is 0.467. The van der Waals surface area contributed by atoms with Crippen molar-refractivity contribution in [2.45, 2.75) is 12.6 Å². The molecule has 0 aliphatic carbocycles. The number of hydrogen-bond donors (Lipinski definition) is 0. The van der Waals surface area contributed by atoms with Crippen LogP contribution in [0.4, 0.5) is 4.79 Å². The third kappa shape index (κ3) is 4.01. The van der Waals surface area contributed by atoms with Gasteiger partial charge in [0.1, 0.15) is 6.61 Å². The van der Waals surface area contributed by atoms with Crippen LogP contribution in [0, 0.1) is 0 Å². The molecule has 7 nitrogen and oxygen atoms in total. The van der Waals surface area contributed by atoms with Crippen LogP contribution in [-0.4, -0.2) is 59.8 Å². The molecule has 8 heteroatoms. The Morgan fingerprint density at radius 2 is 1.83 bits per heavy atom. The number of carbonyl (C=O) groups excluding carboxylic acids is 2. The topological polar surface area (TPSA) is 74.6 Å². The van der Waals surface area contributed by atoms with Gasteiger partial charge in [-0.3, -0.25) is 4.79 Å². The summed E-state index contributed by atoms with van der Waals surface area (Å²) in [6.45, 7) is 2.25. The van der Waals surface area contributed by atoms with E-state index < -0.39 is 0 Å². The van der Waals surface area contributed by atoms with Gasteiger partial charge in [0, 0.05) is 38.1 Å². The van der Waals surface area contributed by atoms with Crippen molar-refractivity contribution in [3.8, 4) is 0 Å².